The van der Waals surface area contributed by atoms with E-state index in [1.807, 2.05) is 25.1 Å². The molecule has 24 heavy (non-hydrogen) atoms. The van der Waals surface area contributed by atoms with Crippen molar-refractivity contribution in [2.24, 2.45) is 4.99 Å². The van der Waals surface area contributed by atoms with Crippen LogP contribution in [0.2, 0.25) is 0 Å². The Morgan fingerprint density at radius 1 is 1.38 bits per heavy atom. The largest absolute Gasteiger partial charge is 0.493 e. The van der Waals surface area contributed by atoms with Crippen molar-refractivity contribution in [3.63, 3.8) is 0 Å². The molecule has 2 rings (SSSR count). The fraction of sp³-hybridized carbons (Fsp3) is 0.588. The van der Waals surface area contributed by atoms with Crippen LogP contribution < -0.4 is 20.1 Å². The Balaban J connectivity index is 0.00000288. The molecule has 1 unspecified atom stereocenters. The normalized spacial score (nSPS) is 18.0. The van der Waals surface area contributed by atoms with Gasteiger partial charge in [-0.25, -0.2) is 0 Å². The van der Waals surface area contributed by atoms with Gasteiger partial charge in [0.1, 0.15) is 0 Å². The van der Waals surface area contributed by atoms with E-state index in [0.29, 0.717) is 18.4 Å². The molecule has 7 heteroatoms. The van der Waals surface area contributed by atoms with Gasteiger partial charge >= 0.3 is 0 Å². The van der Waals surface area contributed by atoms with E-state index in [2.05, 4.69) is 27.6 Å². The number of likely N-dealkylation sites (N-methyl/N-ethyl adjacent to an activating group) is 1. The summed E-state index contributed by atoms with van der Waals surface area (Å²) in [5, 5.41) is 6.69. The number of rotatable bonds is 6. The van der Waals surface area contributed by atoms with Gasteiger partial charge in [0.05, 0.1) is 13.7 Å². The second-order valence-electron chi connectivity index (χ2n) is 5.65. The van der Waals surface area contributed by atoms with E-state index >= 15 is 0 Å². The van der Waals surface area contributed by atoms with Crippen LogP contribution in [0, 0.1) is 0 Å². The molecule has 0 spiro atoms. The average molecular weight is 448 g/mol. The predicted molar refractivity (Wildman–Crippen MR) is 110 cm³/mol. The molecule has 1 fully saturated rings. The first-order valence-corrected chi connectivity index (χ1v) is 8.16. The molecule has 0 radical (unpaired) electrons. The number of nitrogens with zero attached hydrogens (tertiary/aromatic N) is 2. The maximum atomic E-state index is 5.54. The van der Waals surface area contributed by atoms with E-state index < -0.39 is 0 Å². The summed E-state index contributed by atoms with van der Waals surface area (Å²) in [7, 11) is 5.59. The van der Waals surface area contributed by atoms with Gasteiger partial charge in [-0.1, -0.05) is 0 Å². The Hall–Kier alpha value is -1.22. The summed E-state index contributed by atoms with van der Waals surface area (Å²) < 4.78 is 10.9. The number of ether oxygens (including phenoxy) is 2. The molecule has 1 aromatic rings. The number of likely N-dealkylation sites (tertiary alicyclic amines) is 1. The van der Waals surface area contributed by atoms with Crippen LogP contribution in [0.1, 0.15) is 19.8 Å². The third-order valence-corrected chi connectivity index (χ3v) is 4.13. The van der Waals surface area contributed by atoms with Gasteiger partial charge in [-0.3, -0.25) is 4.99 Å². The molecule has 0 bridgehead atoms. The van der Waals surface area contributed by atoms with E-state index in [1.165, 1.54) is 19.4 Å². The number of benzene rings is 1. The van der Waals surface area contributed by atoms with Gasteiger partial charge in [-0.15, -0.1) is 24.0 Å². The maximum Gasteiger partial charge on any atom is 0.195 e. The first-order chi connectivity index (χ1) is 11.2. The van der Waals surface area contributed by atoms with Crippen LogP contribution in [0.3, 0.4) is 0 Å². The lowest BCUT2D eigenvalue weighted by atomic mass is 10.2. The van der Waals surface area contributed by atoms with Gasteiger partial charge in [-0.05, 0) is 45.5 Å². The highest BCUT2D eigenvalue weighted by atomic mass is 127. The molecular formula is C17H29IN4O2. The zero-order chi connectivity index (χ0) is 16.7. The Kier molecular flexibility index (Phi) is 9.20. The predicted octanol–water partition coefficient (Wildman–Crippen LogP) is 2.79. The van der Waals surface area contributed by atoms with Gasteiger partial charge in [-0.2, -0.15) is 0 Å². The second-order valence-corrected chi connectivity index (χ2v) is 5.65. The molecule has 1 aromatic carbocycles. The van der Waals surface area contributed by atoms with Crippen LogP contribution in [0.5, 0.6) is 11.5 Å². The van der Waals surface area contributed by atoms with Gasteiger partial charge in [0.25, 0.3) is 0 Å². The number of methoxy groups -OCH3 is 1. The minimum Gasteiger partial charge on any atom is -0.493 e. The van der Waals surface area contributed by atoms with Crippen LogP contribution in [0.25, 0.3) is 0 Å². The van der Waals surface area contributed by atoms with Crippen molar-refractivity contribution in [1.82, 2.24) is 10.2 Å². The summed E-state index contributed by atoms with van der Waals surface area (Å²) >= 11 is 0. The molecule has 1 aliphatic rings. The summed E-state index contributed by atoms with van der Waals surface area (Å²) in [5.41, 5.74) is 0.915. The smallest absolute Gasteiger partial charge is 0.195 e. The highest BCUT2D eigenvalue weighted by molar-refractivity contribution is 14.0. The molecule has 0 aliphatic carbocycles. The molecule has 1 aliphatic heterocycles. The van der Waals surface area contributed by atoms with Crippen LogP contribution in [-0.2, 0) is 0 Å². The number of hydrogen-bond acceptors (Lipinski definition) is 4. The van der Waals surface area contributed by atoms with Crippen molar-refractivity contribution < 1.29 is 9.47 Å². The lowest BCUT2D eigenvalue weighted by Crippen LogP contribution is -2.40. The third-order valence-electron chi connectivity index (χ3n) is 4.13. The SMILES string of the molecule is CCOc1ccc(NC(=NC)NCC2CCCN2C)cc1OC.I. The number of halogens is 1. The minimum absolute atomic E-state index is 0. The van der Waals surface area contributed by atoms with Crippen LogP contribution in [-0.4, -0.2) is 57.8 Å². The lowest BCUT2D eigenvalue weighted by Gasteiger charge is -2.21. The summed E-state index contributed by atoms with van der Waals surface area (Å²) in [6.45, 7) is 4.64. The molecule has 1 heterocycles. The van der Waals surface area contributed by atoms with Gasteiger partial charge in [0.15, 0.2) is 17.5 Å². The second kappa shape index (κ2) is 10.6. The van der Waals surface area contributed by atoms with E-state index in [4.69, 9.17) is 9.47 Å². The molecular weight excluding hydrogens is 419 g/mol. The fourth-order valence-electron chi connectivity index (χ4n) is 2.79. The Morgan fingerprint density at radius 3 is 2.75 bits per heavy atom. The van der Waals surface area contributed by atoms with Crippen LogP contribution >= 0.6 is 24.0 Å². The van der Waals surface area contributed by atoms with Gasteiger partial charge in [0.2, 0.25) is 0 Å². The quantitative estimate of drug-likeness (QED) is 0.398. The van der Waals surface area contributed by atoms with Crippen molar-refractivity contribution in [3.05, 3.63) is 18.2 Å². The first-order valence-electron chi connectivity index (χ1n) is 8.16. The highest BCUT2D eigenvalue weighted by Gasteiger charge is 2.20. The highest BCUT2D eigenvalue weighted by Crippen LogP contribution is 2.30. The summed E-state index contributed by atoms with van der Waals surface area (Å²) in [5.74, 6) is 2.22. The van der Waals surface area contributed by atoms with Gasteiger partial charge < -0.3 is 25.0 Å². The summed E-state index contributed by atoms with van der Waals surface area (Å²) in [6.07, 6.45) is 2.50. The van der Waals surface area contributed by atoms with Crippen LogP contribution in [0.4, 0.5) is 5.69 Å². The van der Waals surface area contributed by atoms with Crippen molar-refractivity contribution in [2.45, 2.75) is 25.8 Å². The zero-order valence-electron chi connectivity index (χ0n) is 15.0. The molecule has 1 atom stereocenters. The average Bonchev–Trinajstić information content (AvgIpc) is 2.98. The number of anilines is 1. The molecule has 0 amide bonds. The van der Waals surface area contributed by atoms with Crippen molar-refractivity contribution in [3.8, 4) is 11.5 Å². The molecule has 2 N–H and O–H groups in total. The molecule has 0 saturated carbocycles. The van der Waals surface area contributed by atoms with E-state index in [-0.39, 0.29) is 24.0 Å². The monoisotopic (exact) mass is 448 g/mol. The van der Waals surface area contributed by atoms with E-state index in [0.717, 1.165) is 23.9 Å². The summed E-state index contributed by atoms with van der Waals surface area (Å²) in [6, 6.07) is 6.35. The van der Waals surface area contributed by atoms with E-state index in [1.54, 1.807) is 14.2 Å². The minimum atomic E-state index is 0. The zero-order valence-corrected chi connectivity index (χ0v) is 17.3. The molecule has 136 valence electrons. The van der Waals surface area contributed by atoms with Crippen molar-refractivity contribution in [2.75, 3.05) is 46.2 Å². The van der Waals surface area contributed by atoms with Crippen molar-refractivity contribution >= 4 is 35.6 Å². The molecule has 6 nitrogen and oxygen atoms in total. The lowest BCUT2D eigenvalue weighted by molar-refractivity contribution is 0.310. The summed E-state index contributed by atoms with van der Waals surface area (Å²) in [4.78, 5) is 6.68. The third kappa shape index (κ3) is 5.70. The number of hydrogen-bond donors (Lipinski definition) is 2. The standard InChI is InChI=1S/C17H28N4O2.HI/c1-5-23-15-9-8-13(11-16(15)22-4)20-17(18-2)19-12-14-7-6-10-21(14)3;/h8-9,11,14H,5-7,10,12H2,1-4H3,(H2,18,19,20);1H. The van der Waals surface area contributed by atoms with E-state index in [9.17, 15) is 0 Å². The maximum absolute atomic E-state index is 5.54. The number of nitrogens with one attached hydrogen (secondary N) is 2. The van der Waals surface area contributed by atoms with Gasteiger partial charge in [0, 0.05) is 31.4 Å². The Bertz CT molecular complexity index is 539. The fourth-order valence-corrected chi connectivity index (χ4v) is 2.79. The Morgan fingerprint density at radius 2 is 2.17 bits per heavy atom. The molecule has 1 saturated heterocycles. The number of aliphatic imine (C=N–C) groups is 1. The first kappa shape index (κ1) is 20.8. The molecule has 0 aromatic heterocycles. The Labute approximate surface area is 162 Å². The number of guanidine groups is 1. The van der Waals surface area contributed by atoms with Crippen molar-refractivity contribution in [1.29, 1.82) is 0 Å². The van der Waals surface area contributed by atoms with Crippen LogP contribution in [0.15, 0.2) is 23.2 Å². The topological polar surface area (TPSA) is 58.1 Å².